The van der Waals surface area contributed by atoms with Gasteiger partial charge in [-0.25, -0.2) is 4.98 Å². The molecule has 1 amide bonds. The highest BCUT2D eigenvalue weighted by Crippen LogP contribution is 2.35. The summed E-state index contributed by atoms with van der Waals surface area (Å²) in [6.07, 6.45) is 1.05. The van der Waals surface area contributed by atoms with E-state index in [0.29, 0.717) is 5.56 Å². The van der Waals surface area contributed by atoms with Gasteiger partial charge in [0.25, 0.3) is 5.91 Å². The molecule has 5 nitrogen and oxygen atoms in total. The molecule has 0 aliphatic rings. The summed E-state index contributed by atoms with van der Waals surface area (Å²) in [5.74, 6) is -0.327. The maximum absolute atomic E-state index is 13.1. The van der Waals surface area contributed by atoms with Crippen LogP contribution >= 0.6 is 11.6 Å². The molecule has 0 saturated heterocycles. The van der Waals surface area contributed by atoms with Gasteiger partial charge in [0.05, 0.1) is 11.6 Å². The van der Waals surface area contributed by atoms with Gasteiger partial charge in [0.1, 0.15) is 5.15 Å². The average molecular weight is 399 g/mol. The van der Waals surface area contributed by atoms with E-state index in [-0.39, 0.29) is 17.1 Å². The van der Waals surface area contributed by atoms with Gasteiger partial charge in [-0.05, 0) is 47.4 Å². The number of methoxy groups -OCH3 is 2. The first-order valence-electron chi connectivity index (χ1n) is 8.97. The second kappa shape index (κ2) is 8.69. The molecule has 0 spiro atoms. The molecule has 1 aromatic heterocycles. The molecule has 2 aromatic carbocycles. The van der Waals surface area contributed by atoms with Gasteiger partial charge in [-0.1, -0.05) is 48.0 Å². The molecule has 1 N–H and O–H groups in total. The average Bonchev–Trinajstić information content (AvgIpc) is 2.68. The van der Waals surface area contributed by atoms with Gasteiger partial charge >= 0.3 is 0 Å². The predicted molar refractivity (Wildman–Crippen MR) is 112 cm³/mol. The van der Waals surface area contributed by atoms with Crippen molar-refractivity contribution < 1.29 is 14.3 Å². The summed E-state index contributed by atoms with van der Waals surface area (Å²) in [7, 11) is 3.05. The van der Waals surface area contributed by atoms with Crippen LogP contribution < -0.4 is 5.32 Å². The van der Waals surface area contributed by atoms with E-state index in [9.17, 15) is 4.79 Å². The number of amides is 1. The minimum Gasteiger partial charge on any atom is -0.354 e. The third-order valence-electron chi connectivity index (χ3n) is 4.77. The standard InChI is InChI=1S/C22H23ClN2O3/c1-13-9-10-15-7-5-6-8-16(15)18(13)17-11-12-24-20(23)19(17)21(26)25-14(2)22(27-3)28-4/h5-12,14,22H,1-4H3,(H,25,26). The lowest BCUT2D eigenvalue weighted by Gasteiger charge is -2.23. The Morgan fingerprint density at radius 3 is 2.54 bits per heavy atom. The van der Waals surface area contributed by atoms with Crippen molar-refractivity contribution in [1.82, 2.24) is 10.3 Å². The molecular formula is C22H23ClN2O3. The van der Waals surface area contributed by atoms with E-state index in [0.717, 1.165) is 27.5 Å². The van der Waals surface area contributed by atoms with Crippen LogP contribution in [0, 0.1) is 6.92 Å². The van der Waals surface area contributed by atoms with Crippen molar-refractivity contribution in [2.45, 2.75) is 26.2 Å². The number of ether oxygens (including phenoxy) is 2. The molecule has 146 valence electrons. The summed E-state index contributed by atoms with van der Waals surface area (Å²) in [6, 6.07) is 13.6. The zero-order valence-electron chi connectivity index (χ0n) is 16.3. The van der Waals surface area contributed by atoms with Crippen molar-refractivity contribution in [3.8, 4) is 11.1 Å². The highest BCUT2D eigenvalue weighted by Gasteiger charge is 2.24. The monoisotopic (exact) mass is 398 g/mol. The van der Waals surface area contributed by atoms with E-state index in [1.165, 1.54) is 14.2 Å². The molecule has 28 heavy (non-hydrogen) atoms. The van der Waals surface area contributed by atoms with Crippen LogP contribution in [0.15, 0.2) is 48.7 Å². The first-order valence-corrected chi connectivity index (χ1v) is 9.35. The Labute approximate surface area is 169 Å². The number of benzene rings is 2. The van der Waals surface area contributed by atoms with Crippen LogP contribution in [0.4, 0.5) is 0 Å². The largest absolute Gasteiger partial charge is 0.354 e. The molecule has 1 unspecified atom stereocenters. The Kier molecular flexibility index (Phi) is 6.29. The highest BCUT2D eigenvalue weighted by atomic mass is 35.5. The number of hydrogen-bond acceptors (Lipinski definition) is 4. The van der Waals surface area contributed by atoms with Gasteiger partial charge in [0.2, 0.25) is 0 Å². The Morgan fingerprint density at radius 1 is 1.11 bits per heavy atom. The topological polar surface area (TPSA) is 60.5 Å². The Bertz CT molecular complexity index is 1000. The van der Waals surface area contributed by atoms with Crippen molar-refractivity contribution in [3.05, 3.63) is 64.9 Å². The van der Waals surface area contributed by atoms with E-state index in [1.54, 1.807) is 6.20 Å². The molecule has 0 radical (unpaired) electrons. The number of hydrogen-bond donors (Lipinski definition) is 1. The lowest BCUT2D eigenvalue weighted by molar-refractivity contribution is -0.117. The Balaban J connectivity index is 2.12. The van der Waals surface area contributed by atoms with Gasteiger partial charge in [-0.15, -0.1) is 0 Å². The number of aryl methyl sites for hydroxylation is 1. The van der Waals surface area contributed by atoms with E-state index >= 15 is 0 Å². The number of pyridine rings is 1. The van der Waals surface area contributed by atoms with Crippen LogP contribution in [0.5, 0.6) is 0 Å². The van der Waals surface area contributed by atoms with E-state index < -0.39 is 6.29 Å². The van der Waals surface area contributed by atoms with Gasteiger partial charge < -0.3 is 14.8 Å². The maximum atomic E-state index is 13.1. The van der Waals surface area contributed by atoms with Crippen LogP contribution in [0.2, 0.25) is 5.15 Å². The quantitative estimate of drug-likeness (QED) is 0.487. The summed E-state index contributed by atoms with van der Waals surface area (Å²) in [4.78, 5) is 17.2. The lowest BCUT2D eigenvalue weighted by atomic mass is 9.91. The molecule has 1 heterocycles. The Hall–Kier alpha value is -2.47. The van der Waals surface area contributed by atoms with Crippen LogP contribution in [0.1, 0.15) is 22.8 Å². The molecule has 6 heteroatoms. The van der Waals surface area contributed by atoms with Gasteiger partial charge in [-0.2, -0.15) is 0 Å². The summed E-state index contributed by atoms with van der Waals surface area (Å²) in [6.45, 7) is 3.83. The fourth-order valence-electron chi connectivity index (χ4n) is 3.45. The lowest BCUT2D eigenvalue weighted by Crippen LogP contribution is -2.43. The van der Waals surface area contributed by atoms with Crippen molar-refractivity contribution >= 4 is 28.3 Å². The van der Waals surface area contributed by atoms with E-state index in [4.69, 9.17) is 21.1 Å². The molecule has 0 bridgehead atoms. The van der Waals surface area contributed by atoms with E-state index in [2.05, 4.69) is 16.4 Å². The first-order chi connectivity index (χ1) is 13.5. The molecule has 3 rings (SSSR count). The smallest absolute Gasteiger partial charge is 0.255 e. The predicted octanol–water partition coefficient (Wildman–Crippen LogP) is 4.60. The number of nitrogens with one attached hydrogen (secondary N) is 1. The van der Waals surface area contributed by atoms with Crippen molar-refractivity contribution in [3.63, 3.8) is 0 Å². The van der Waals surface area contributed by atoms with Gasteiger partial charge in [0, 0.05) is 20.4 Å². The van der Waals surface area contributed by atoms with E-state index in [1.807, 2.05) is 50.2 Å². The molecule has 0 aliphatic carbocycles. The molecular weight excluding hydrogens is 376 g/mol. The fourth-order valence-corrected chi connectivity index (χ4v) is 3.69. The van der Waals surface area contributed by atoms with Crippen LogP contribution in [0.25, 0.3) is 21.9 Å². The van der Waals surface area contributed by atoms with Gasteiger partial charge in [-0.3, -0.25) is 4.79 Å². The summed E-state index contributed by atoms with van der Waals surface area (Å²) in [5.41, 5.74) is 3.09. The minimum atomic E-state index is -0.567. The number of nitrogens with zero attached hydrogens (tertiary/aromatic N) is 1. The highest BCUT2D eigenvalue weighted by molar-refractivity contribution is 6.33. The fraction of sp³-hybridized carbons (Fsp3) is 0.273. The zero-order valence-corrected chi connectivity index (χ0v) is 17.1. The zero-order chi connectivity index (χ0) is 20.3. The second-order valence-electron chi connectivity index (χ2n) is 6.60. The molecule has 0 aliphatic heterocycles. The van der Waals surface area contributed by atoms with Crippen molar-refractivity contribution in [2.75, 3.05) is 14.2 Å². The third kappa shape index (κ3) is 3.87. The van der Waals surface area contributed by atoms with Gasteiger partial charge in [0.15, 0.2) is 6.29 Å². The number of aromatic nitrogens is 1. The number of rotatable bonds is 6. The summed E-state index contributed by atoms with van der Waals surface area (Å²) < 4.78 is 10.5. The normalized spacial score (nSPS) is 12.4. The first kappa shape index (κ1) is 20.3. The number of fused-ring (bicyclic) bond motifs is 1. The number of carbonyl (C=O) groups is 1. The van der Waals surface area contributed by atoms with Crippen LogP contribution in [-0.4, -0.2) is 37.4 Å². The van der Waals surface area contributed by atoms with Crippen LogP contribution in [0.3, 0.4) is 0 Å². The third-order valence-corrected chi connectivity index (χ3v) is 5.06. The molecule has 0 fully saturated rings. The maximum Gasteiger partial charge on any atom is 0.255 e. The number of carbonyl (C=O) groups excluding carboxylic acids is 1. The summed E-state index contributed by atoms with van der Waals surface area (Å²) >= 11 is 6.37. The molecule has 1 atom stereocenters. The number of halogens is 1. The van der Waals surface area contributed by atoms with Crippen molar-refractivity contribution in [1.29, 1.82) is 0 Å². The Morgan fingerprint density at radius 2 is 1.82 bits per heavy atom. The summed E-state index contributed by atoms with van der Waals surface area (Å²) in [5, 5.41) is 5.20. The van der Waals surface area contributed by atoms with Crippen molar-refractivity contribution in [2.24, 2.45) is 0 Å². The van der Waals surface area contributed by atoms with Crippen LogP contribution in [-0.2, 0) is 9.47 Å². The molecule has 0 saturated carbocycles. The molecule has 3 aromatic rings. The SMILES string of the molecule is COC(OC)C(C)NC(=O)c1c(-c2c(C)ccc3ccccc23)ccnc1Cl. The second-order valence-corrected chi connectivity index (χ2v) is 6.96. The minimum absolute atomic E-state index is 0.154.